The van der Waals surface area contributed by atoms with Crippen molar-refractivity contribution in [3.63, 3.8) is 0 Å². The van der Waals surface area contributed by atoms with Crippen LogP contribution in [-0.4, -0.2) is 102 Å². The van der Waals surface area contributed by atoms with E-state index in [0.717, 1.165) is 12.0 Å². The van der Waals surface area contributed by atoms with Crippen molar-refractivity contribution in [1.82, 2.24) is 25.8 Å². The Hall–Kier alpha value is -3.67. The maximum Gasteiger partial charge on any atom is 0.258 e. The number of carbonyl (C=O) groups is 5. The molecule has 1 aliphatic carbocycles. The summed E-state index contributed by atoms with van der Waals surface area (Å²) in [5, 5.41) is 18.4. The van der Waals surface area contributed by atoms with E-state index in [1.165, 1.54) is 37.0 Å². The van der Waals surface area contributed by atoms with Crippen LogP contribution in [0, 0.1) is 11.3 Å². The van der Waals surface area contributed by atoms with Crippen molar-refractivity contribution in [2.45, 2.75) is 102 Å². The summed E-state index contributed by atoms with van der Waals surface area (Å²) in [6.45, 7) is 2.50. The van der Waals surface area contributed by atoms with Gasteiger partial charge in [-0.05, 0) is 74.5 Å². The predicted octanol–water partition coefficient (Wildman–Crippen LogP) is 1.68. The molecule has 0 unspecified atom stereocenters. The van der Waals surface area contributed by atoms with E-state index in [2.05, 4.69) is 16.0 Å². The lowest BCUT2D eigenvalue weighted by molar-refractivity contribution is -0.142. The highest BCUT2D eigenvalue weighted by Gasteiger charge is 2.40. The summed E-state index contributed by atoms with van der Waals surface area (Å²) in [7, 11) is 0. The first-order valence-corrected chi connectivity index (χ1v) is 17.4. The SMILES string of the molecule is C[C@@H]1NC(=O)COc2cccc(c2)CC2(CCN(C(=O)CCC3CCCCC3)CC2)CNC(=O)[C@H](CO)NC(=O)[C@@H]2CCCN2C1=O. The van der Waals surface area contributed by atoms with Crippen molar-refractivity contribution in [2.24, 2.45) is 11.3 Å². The van der Waals surface area contributed by atoms with Crippen LogP contribution in [-0.2, 0) is 30.4 Å². The number of aliphatic hydroxyl groups is 1. The smallest absolute Gasteiger partial charge is 0.258 e. The van der Waals surface area contributed by atoms with Crippen LogP contribution >= 0.6 is 0 Å². The number of nitrogens with one attached hydrogen (secondary N) is 3. The monoisotopic (exact) mass is 653 g/mol. The Morgan fingerprint density at radius 3 is 2.49 bits per heavy atom. The molecule has 1 saturated carbocycles. The molecule has 3 atom stereocenters. The van der Waals surface area contributed by atoms with E-state index < -0.39 is 48.4 Å². The second-order valence-corrected chi connectivity index (χ2v) is 14.0. The van der Waals surface area contributed by atoms with E-state index in [1.807, 2.05) is 23.1 Å². The standard InChI is InChI=1S/C35H51N5O7/c1-24-34(46)40-16-6-11-29(40)33(45)38-28(21-41)32(44)36-23-35(20-26-9-5-10-27(19-26)47-22-30(42)37-24)14-17-39(18-15-35)31(43)13-12-25-7-3-2-4-8-25/h5,9-10,19,24-25,28-29,41H,2-4,6-8,11-18,20-23H2,1H3,(H,36,44)(H,37,42)(H,38,45)/t24-,28-,29-/m0/s1. The molecule has 3 aliphatic heterocycles. The summed E-state index contributed by atoms with van der Waals surface area (Å²) >= 11 is 0. The van der Waals surface area contributed by atoms with Gasteiger partial charge < -0.3 is 35.6 Å². The summed E-state index contributed by atoms with van der Waals surface area (Å²) in [6.07, 6.45) is 10.7. The van der Waals surface area contributed by atoms with Crippen molar-refractivity contribution >= 4 is 29.5 Å². The molecule has 1 aromatic carbocycles. The fourth-order valence-corrected chi connectivity index (χ4v) is 7.69. The van der Waals surface area contributed by atoms with Crippen molar-refractivity contribution in [3.8, 4) is 5.75 Å². The number of amides is 5. The largest absolute Gasteiger partial charge is 0.484 e. The highest BCUT2D eigenvalue weighted by atomic mass is 16.5. The normalized spacial score (nSPS) is 26.6. The Morgan fingerprint density at radius 1 is 0.979 bits per heavy atom. The zero-order chi connectivity index (χ0) is 33.4. The van der Waals surface area contributed by atoms with Gasteiger partial charge in [0.15, 0.2) is 6.61 Å². The van der Waals surface area contributed by atoms with Crippen LogP contribution in [0.25, 0.3) is 0 Å². The first-order valence-electron chi connectivity index (χ1n) is 17.4. The summed E-state index contributed by atoms with van der Waals surface area (Å²) in [5.41, 5.74) is 0.575. The number of rotatable bonds is 4. The van der Waals surface area contributed by atoms with Crippen LogP contribution in [0.15, 0.2) is 24.3 Å². The van der Waals surface area contributed by atoms with Gasteiger partial charge in [-0.1, -0.05) is 44.2 Å². The Labute approximate surface area is 277 Å². The minimum absolute atomic E-state index is 0.191. The molecular weight excluding hydrogens is 602 g/mol. The van der Waals surface area contributed by atoms with Crippen molar-refractivity contribution in [3.05, 3.63) is 29.8 Å². The van der Waals surface area contributed by atoms with Crippen molar-refractivity contribution in [2.75, 3.05) is 39.4 Å². The number of fused-ring (bicyclic) bond motifs is 3. The molecule has 2 bridgehead atoms. The van der Waals surface area contributed by atoms with E-state index in [4.69, 9.17) is 4.74 Å². The quantitative estimate of drug-likeness (QED) is 0.385. The molecule has 12 heteroatoms. The fraction of sp³-hybridized carbons (Fsp3) is 0.686. The first kappa shape index (κ1) is 34.7. The minimum atomic E-state index is -1.19. The Balaban J connectivity index is 1.32. The highest BCUT2D eigenvalue weighted by Crippen LogP contribution is 2.36. The molecule has 4 aliphatic rings. The van der Waals surface area contributed by atoms with Crippen molar-refractivity contribution < 1.29 is 33.8 Å². The molecule has 3 heterocycles. The third-order valence-corrected chi connectivity index (χ3v) is 10.6. The molecule has 4 N–H and O–H groups in total. The number of nitrogens with zero attached hydrogens (tertiary/aromatic N) is 2. The average Bonchev–Trinajstić information content (AvgIpc) is 3.58. The summed E-state index contributed by atoms with van der Waals surface area (Å²) in [4.78, 5) is 69.2. The summed E-state index contributed by atoms with van der Waals surface area (Å²) < 4.78 is 5.81. The predicted molar refractivity (Wildman–Crippen MR) is 174 cm³/mol. The number of hydrogen-bond donors (Lipinski definition) is 4. The van der Waals surface area contributed by atoms with E-state index in [9.17, 15) is 29.1 Å². The Kier molecular flexibility index (Phi) is 11.8. The number of likely N-dealkylation sites (tertiary alicyclic amines) is 1. The third-order valence-electron chi connectivity index (χ3n) is 10.6. The molecule has 47 heavy (non-hydrogen) atoms. The Bertz CT molecular complexity index is 1290. The maximum atomic E-state index is 13.4. The maximum absolute atomic E-state index is 13.4. The molecule has 1 aromatic rings. The average molecular weight is 654 g/mol. The van der Waals surface area contributed by atoms with E-state index >= 15 is 0 Å². The van der Waals surface area contributed by atoms with Gasteiger partial charge in [0.2, 0.25) is 23.6 Å². The molecule has 5 rings (SSSR count). The van der Waals surface area contributed by atoms with Crippen LogP contribution in [0.4, 0.5) is 0 Å². The van der Waals surface area contributed by atoms with Gasteiger partial charge in [-0.2, -0.15) is 0 Å². The molecule has 0 radical (unpaired) electrons. The number of benzene rings is 1. The topological polar surface area (TPSA) is 157 Å². The van der Waals surface area contributed by atoms with Crippen LogP contribution in [0.1, 0.15) is 83.1 Å². The second kappa shape index (κ2) is 16.0. The Morgan fingerprint density at radius 2 is 1.74 bits per heavy atom. The van der Waals surface area contributed by atoms with Gasteiger partial charge in [0.25, 0.3) is 5.91 Å². The van der Waals surface area contributed by atoms with Gasteiger partial charge in [-0.3, -0.25) is 24.0 Å². The van der Waals surface area contributed by atoms with Gasteiger partial charge in [0.05, 0.1) is 6.61 Å². The van der Waals surface area contributed by atoms with Crippen LogP contribution < -0.4 is 20.7 Å². The van der Waals surface area contributed by atoms with Crippen molar-refractivity contribution in [1.29, 1.82) is 0 Å². The number of carbonyl (C=O) groups excluding carboxylic acids is 5. The second-order valence-electron chi connectivity index (χ2n) is 14.0. The molecule has 2 saturated heterocycles. The van der Waals surface area contributed by atoms with Crippen LogP contribution in [0.5, 0.6) is 5.75 Å². The lowest BCUT2D eigenvalue weighted by Gasteiger charge is -2.42. The number of hydrogen-bond acceptors (Lipinski definition) is 7. The van der Waals surface area contributed by atoms with E-state index in [-0.39, 0.29) is 17.9 Å². The van der Waals surface area contributed by atoms with E-state index in [0.29, 0.717) is 76.4 Å². The van der Waals surface area contributed by atoms with Crippen LogP contribution in [0.2, 0.25) is 0 Å². The molecular formula is C35H51N5O7. The lowest BCUT2D eigenvalue weighted by atomic mass is 9.73. The lowest BCUT2D eigenvalue weighted by Crippen LogP contribution is -2.57. The molecule has 1 spiro atoms. The third kappa shape index (κ3) is 9.03. The van der Waals surface area contributed by atoms with Gasteiger partial charge in [-0.25, -0.2) is 0 Å². The first-order chi connectivity index (χ1) is 22.7. The van der Waals surface area contributed by atoms with Gasteiger partial charge in [-0.15, -0.1) is 0 Å². The van der Waals surface area contributed by atoms with E-state index in [1.54, 1.807) is 13.0 Å². The van der Waals surface area contributed by atoms with Gasteiger partial charge >= 0.3 is 0 Å². The number of ether oxygens (including phenoxy) is 1. The minimum Gasteiger partial charge on any atom is -0.484 e. The van der Waals surface area contributed by atoms with Gasteiger partial charge in [0, 0.05) is 32.6 Å². The molecule has 5 amide bonds. The zero-order valence-corrected chi connectivity index (χ0v) is 27.6. The molecule has 3 fully saturated rings. The highest BCUT2D eigenvalue weighted by molar-refractivity contribution is 5.94. The fourth-order valence-electron chi connectivity index (χ4n) is 7.69. The molecule has 12 nitrogen and oxygen atoms in total. The summed E-state index contributed by atoms with van der Waals surface area (Å²) in [6, 6.07) is 4.61. The van der Waals surface area contributed by atoms with Crippen LogP contribution in [0.3, 0.4) is 0 Å². The van der Waals surface area contributed by atoms with Gasteiger partial charge in [0.1, 0.15) is 23.9 Å². The molecule has 258 valence electrons. The zero-order valence-electron chi connectivity index (χ0n) is 27.6. The number of aliphatic hydroxyl groups excluding tert-OH is 1. The summed E-state index contributed by atoms with van der Waals surface area (Å²) in [5.74, 6) is -0.530. The number of piperidine rings is 1. The molecule has 0 aromatic heterocycles.